The molecule has 4 nitrogen and oxygen atoms in total. The molecule has 3 aromatic rings. The van der Waals surface area contributed by atoms with Crippen LogP contribution in [0.5, 0.6) is 5.75 Å². The highest BCUT2D eigenvalue weighted by Gasteiger charge is 2.09. The van der Waals surface area contributed by atoms with Crippen LogP contribution >= 0.6 is 0 Å². The van der Waals surface area contributed by atoms with Crippen LogP contribution in [0.4, 0.5) is 0 Å². The van der Waals surface area contributed by atoms with E-state index < -0.39 is 0 Å². The maximum atomic E-state index is 9.27. The molecule has 2 aromatic carbocycles. The van der Waals surface area contributed by atoms with Crippen LogP contribution in [0.1, 0.15) is 28.4 Å². The van der Waals surface area contributed by atoms with Gasteiger partial charge in [0, 0.05) is 6.42 Å². The average Bonchev–Trinajstić information content (AvgIpc) is 2.91. The van der Waals surface area contributed by atoms with E-state index in [9.17, 15) is 5.11 Å². The summed E-state index contributed by atoms with van der Waals surface area (Å²) >= 11 is 0. The van der Waals surface area contributed by atoms with E-state index in [2.05, 4.69) is 29.2 Å². The fourth-order valence-electron chi connectivity index (χ4n) is 2.20. The van der Waals surface area contributed by atoms with Crippen molar-refractivity contribution in [2.45, 2.75) is 19.8 Å². The van der Waals surface area contributed by atoms with Crippen molar-refractivity contribution >= 4 is 0 Å². The first-order chi connectivity index (χ1) is 10.2. The molecule has 4 heteroatoms. The van der Waals surface area contributed by atoms with Crippen molar-refractivity contribution in [2.24, 2.45) is 0 Å². The first-order valence-corrected chi connectivity index (χ1v) is 6.84. The van der Waals surface area contributed by atoms with Gasteiger partial charge in [0.15, 0.2) is 5.82 Å². The van der Waals surface area contributed by atoms with Crippen molar-refractivity contribution in [2.75, 3.05) is 0 Å². The Morgan fingerprint density at radius 1 is 1.00 bits per heavy atom. The van der Waals surface area contributed by atoms with E-state index in [1.807, 2.05) is 24.3 Å². The van der Waals surface area contributed by atoms with Crippen molar-refractivity contribution in [3.8, 4) is 5.75 Å². The minimum atomic E-state index is 0.254. The second-order valence-corrected chi connectivity index (χ2v) is 5.05. The number of hydrogen-bond donors (Lipinski definition) is 1. The maximum Gasteiger partial charge on any atom is 0.231 e. The molecule has 0 atom stereocenters. The van der Waals surface area contributed by atoms with Crippen LogP contribution in [0.3, 0.4) is 0 Å². The summed E-state index contributed by atoms with van der Waals surface area (Å²) in [5.74, 6) is 1.53. The van der Waals surface area contributed by atoms with Gasteiger partial charge >= 0.3 is 0 Å². The lowest BCUT2D eigenvalue weighted by Crippen LogP contribution is -1.94. The Morgan fingerprint density at radius 3 is 2.52 bits per heavy atom. The predicted octanol–water partition coefficient (Wildman–Crippen LogP) is 3.27. The smallest absolute Gasteiger partial charge is 0.231 e. The molecule has 3 rings (SSSR count). The predicted molar refractivity (Wildman–Crippen MR) is 79.2 cm³/mol. The van der Waals surface area contributed by atoms with Crippen LogP contribution < -0.4 is 0 Å². The van der Waals surface area contributed by atoms with Crippen LogP contribution in [0.15, 0.2) is 53.1 Å². The lowest BCUT2D eigenvalue weighted by Gasteiger charge is -2.00. The second kappa shape index (κ2) is 5.79. The number of benzene rings is 2. The molecular formula is C17H16N2O2. The first kappa shape index (κ1) is 13.4. The van der Waals surface area contributed by atoms with E-state index in [-0.39, 0.29) is 5.75 Å². The van der Waals surface area contributed by atoms with E-state index in [1.165, 1.54) is 11.1 Å². The SMILES string of the molecule is Cc1ccccc1Cc1noc(Cc2ccc(O)cc2)n1. The van der Waals surface area contributed by atoms with Gasteiger partial charge in [-0.15, -0.1) is 0 Å². The zero-order valence-corrected chi connectivity index (χ0v) is 11.8. The molecule has 21 heavy (non-hydrogen) atoms. The molecule has 0 aliphatic heterocycles. The number of aromatic hydroxyl groups is 1. The zero-order chi connectivity index (χ0) is 14.7. The van der Waals surface area contributed by atoms with Gasteiger partial charge in [0.1, 0.15) is 5.75 Å². The van der Waals surface area contributed by atoms with Gasteiger partial charge < -0.3 is 9.63 Å². The molecule has 0 saturated heterocycles. The number of rotatable bonds is 4. The van der Waals surface area contributed by atoms with Gasteiger partial charge in [0.05, 0.1) is 6.42 Å². The fraction of sp³-hybridized carbons (Fsp3) is 0.176. The third-order valence-electron chi connectivity index (χ3n) is 3.41. The van der Waals surface area contributed by atoms with E-state index in [0.717, 1.165) is 5.56 Å². The van der Waals surface area contributed by atoms with E-state index in [4.69, 9.17) is 4.52 Å². The van der Waals surface area contributed by atoms with Crippen molar-refractivity contribution in [3.05, 3.63) is 76.9 Å². The van der Waals surface area contributed by atoms with E-state index >= 15 is 0 Å². The lowest BCUT2D eigenvalue weighted by molar-refractivity contribution is 0.380. The number of aryl methyl sites for hydroxylation is 1. The molecule has 106 valence electrons. The normalized spacial score (nSPS) is 10.7. The molecule has 0 aliphatic rings. The molecule has 1 heterocycles. The molecular weight excluding hydrogens is 264 g/mol. The van der Waals surface area contributed by atoms with Crippen LogP contribution in [-0.4, -0.2) is 15.2 Å². The largest absolute Gasteiger partial charge is 0.508 e. The highest BCUT2D eigenvalue weighted by atomic mass is 16.5. The number of hydrogen-bond acceptors (Lipinski definition) is 4. The standard InChI is InChI=1S/C17H16N2O2/c1-12-4-2-3-5-14(12)11-16-18-17(21-19-16)10-13-6-8-15(20)9-7-13/h2-9,20H,10-11H2,1H3. The Labute approximate surface area is 123 Å². The van der Waals surface area contributed by atoms with E-state index in [0.29, 0.717) is 24.6 Å². The molecule has 0 radical (unpaired) electrons. The Balaban J connectivity index is 1.72. The summed E-state index contributed by atoms with van der Waals surface area (Å²) in [4.78, 5) is 4.42. The summed E-state index contributed by atoms with van der Waals surface area (Å²) in [7, 11) is 0. The topological polar surface area (TPSA) is 59.2 Å². The summed E-state index contributed by atoms with van der Waals surface area (Å²) in [5, 5.41) is 13.3. The number of phenols is 1. The summed E-state index contributed by atoms with van der Waals surface area (Å²) < 4.78 is 5.29. The van der Waals surface area contributed by atoms with Gasteiger partial charge in [0.2, 0.25) is 5.89 Å². The number of phenolic OH excluding ortho intramolecular Hbond substituents is 1. The quantitative estimate of drug-likeness (QED) is 0.797. The highest BCUT2D eigenvalue weighted by molar-refractivity contribution is 5.29. The number of aromatic nitrogens is 2. The van der Waals surface area contributed by atoms with Gasteiger partial charge in [0.25, 0.3) is 0 Å². The monoisotopic (exact) mass is 280 g/mol. The van der Waals surface area contributed by atoms with Crippen molar-refractivity contribution in [1.29, 1.82) is 0 Å². The summed E-state index contributed by atoms with van der Waals surface area (Å²) in [6, 6.07) is 15.2. The van der Waals surface area contributed by atoms with Gasteiger partial charge in [-0.05, 0) is 35.7 Å². The first-order valence-electron chi connectivity index (χ1n) is 6.84. The fourth-order valence-corrected chi connectivity index (χ4v) is 2.20. The molecule has 0 amide bonds. The number of nitrogens with zero attached hydrogens (tertiary/aromatic N) is 2. The van der Waals surface area contributed by atoms with Gasteiger partial charge in [-0.1, -0.05) is 41.6 Å². The molecule has 0 saturated carbocycles. The molecule has 0 spiro atoms. The minimum Gasteiger partial charge on any atom is -0.508 e. The molecule has 0 unspecified atom stereocenters. The van der Waals surface area contributed by atoms with Crippen molar-refractivity contribution < 1.29 is 9.63 Å². The molecule has 0 fully saturated rings. The summed E-state index contributed by atoms with van der Waals surface area (Å²) in [5.41, 5.74) is 3.45. The minimum absolute atomic E-state index is 0.254. The third-order valence-corrected chi connectivity index (χ3v) is 3.41. The van der Waals surface area contributed by atoms with Gasteiger partial charge in [-0.25, -0.2) is 0 Å². The maximum absolute atomic E-state index is 9.27. The van der Waals surface area contributed by atoms with Crippen LogP contribution in [0, 0.1) is 6.92 Å². The lowest BCUT2D eigenvalue weighted by atomic mass is 10.1. The molecule has 0 aliphatic carbocycles. The van der Waals surface area contributed by atoms with Crippen molar-refractivity contribution in [1.82, 2.24) is 10.1 Å². The average molecular weight is 280 g/mol. The molecule has 1 aromatic heterocycles. The van der Waals surface area contributed by atoms with Crippen molar-refractivity contribution in [3.63, 3.8) is 0 Å². The van der Waals surface area contributed by atoms with Crippen LogP contribution in [0.2, 0.25) is 0 Å². The second-order valence-electron chi connectivity index (χ2n) is 5.05. The zero-order valence-electron chi connectivity index (χ0n) is 11.8. The third kappa shape index (κ3) is 3.28. The van der Waals surface area contributed by atoms with Gasteiger partial charge in [-0.3, -0.25) is 0 Å². The summed E-state index contributed by atoms with van der Waals surface area (Å²) in [6.07, 6.45) is 1.24. The Hall–Kier alpha value is -2.62. The van der Waals surface area contributed by atoms with Crippen LogP contribution in [0.25, 0.3) is 0 Å². The highest BCUT2D eigenvalue weighted by Crippen LogP contribution is 2.15. The van der Waals surface area contributed by atoms with Gasteiger partial charge in [-0.2, -0.15) is 4.98 Å². The molecule has 0 bridgehead atoms. The summed E-state index contributed by atoms with van der Waals surface area (Å²) in [6.45, 7) is 2.08. The Bertz CT molecular complexity index is 733. The Kier molecular flexibility index (Phi) is 3.69. The van der Waals surface area contributed by atoms with E-state index in [1.54, 1.807) is 12.1 Å². The Morgan fingerprint density at radius 2 is 1.76 bits per heavy atom. The molecule has 1 N–H and O–H groups in total. The van der Waals surface area contributed by atoms with Crippen LogP contribution in [-0.2, 0) is 12.8 Å².